The van der Waals surface area contributed by atoms with Crippen LogP contribution in [-0.2, 0) is 0 Å². The molecule has 1 aromatic heterocycles. The Morgan fingerprint density at radius 1 is 0.368 bits per heavy atom. The van der Waals surface area contributed by atoms with Gasteiger partial charge < -0.3 is 4.90 Å². The van der Waals surface area contributed by atoms with E-state index in [4.69, 9.17) is 9.98 Å². The van der Waals surface area contributed by atoms with Crippen LogP contribution in [0, 0.1) is 3.57 Å². The number of hydrogen-bond acceptors (Lipinski definition) is 4. The Morgan fingerprint density at radius 3 is 1.57 bits per heavy atom. The van der Waals surface area contributed by atoms with E-state index in [0.717, 1.165) is 44.4 Å². The SMILES string of the molecule is c1ccc(C(c2ccc(C3=Nc4ccccc4[I-]3)cc2)c2cccc(-c3cccc(-c4cccc(-c5cccc(N(c6ccccc6)c6ccc(-c7nc8ccccc8s7)cc6)c5)c4)c3)c2)cc1. The van der Waals surface area contributed by atoms with Crippen LogP contribution in [0.2, 0.25) is 0 Å². The summed E-state index contributed by atoms with van der Waals surface area (Å²) in [7, 11) is 0. The van der Waals surface area contributed by atoms with E-state index in [0.29, 0.717) is 0 Å². The van der Waals surface area contributed by atoms with Gasteiger partial charge in [-0.25, -0.2) is 4.98 Å². The van der Waals surface area contributed by atoms with Gasteiger partial charge >= 0.3 is 205 Å². The number of aromatic nitrogens is 1. The molecule has 0 saturated carbocycles. The van der Waals surface area contributed by atoms with Crippen molar-refractivity contribution in [2.75, 3.05) is 4.90 Å². The average molecular weight is 1000 g/mol. The molecular formula is C63H43IN3S-. The molecule has 1 atom stereocenters. The molecule has 10 aromatic carbocycles. The van der Waals surface area contributed by atoms with Gasteiger partial charge in [0, 0.05) is 22.6 Å². The average Bonchev–Trinajstić information content (AvgIpc) is 4.06. The number of nitrogens with zero attached hydrogens (tertiary/aromatic N) is 3. The number of halogens is 1. The van der Waals surface area contributed by atoms with Gasteiger partial charge in [-0.05, 0) is 83.4 Å². The molecule has 2 heterocycles. The Morgan fingerprint density at radius 2 is 0.882 bits per heavy atom. The first-order valence-corrected chi connectivity index (χ1v) is 25.8. The number of fused-ring (bicyclic) bond motifs is 2. The predicted molar refractivity (Wildman–Crippen MR) is 281 cm³/mol. The summed E-state index contributed by atoms with van der Waals surface area (Å²) in [6, 6.07) is 92.2. The molecule has 11 aromatic rings. The summed E-state index contributed by atoms with van der Waals surface area (Å²) < 4.78 is 3.84. The Hall–Kier alpha value is -7.71. The number of hydrogen-bond donors (Lipinski definition) is 0. The fourth-order valence-electron chi connectivity index (χ4n) is 9.25. The summed E-state index contributed by atoms with van der Waals surface area (Å²) in [6.45, 7) is 0. The molecule has 0 spiro atoms. The second-order valence-electron chi connectivity index (χ2n) is 17.0. The summed E-state index contributed by atoms with van der Waals surface area (Å²) in [4.78, 5) is 12.3. The molecule has 0 fully saturated rings. The van der Waals surface area contributed by atoms with Crippen LogP contribution >= 0.6 is 11.3 Å². The van der Waals surface area contributed by atoms with Crippen LogP contribution in [0.4, 0.5) is 22.7 Å². The Balaban J connectivity index is 0.832. The molecule has 12 rings (SSSR count). The van der Waals surface area contributed by atoms with Gasteiger partial charge in [0.05, 0.1) is 10.2 Å². The zero-order valence-electron chi connectivity index (χ0n) is 37.0. The Kier molecular flexibility index (Phi) is 11.4. The van der Waals surface area contributed by atoms with Gasteiger partial charge in [-0.2, -0.15) is 0 Å². The standard InChI is InChI=1S/C63H43IN3S/c1-3-15-43(16-4-1)61(44-31-33-45(34-32-44)62-64-57-27-7-8-28-58(57)65-62)53-23-13-21-51(41-53)49-19-11-17-47(39-49)48-18-12-20-50(40-48)52-22-14-26-56(42-52)67(54-24-5-2-6-25-54)55-37-35-46(36-38-55)63-66-59-29-9-10-30-60(59)68-63/h1-42,61H/q-1. The summed E-state index contributed by atoms with van der Waals surface area (Å²) in [5.41, 5.74) is 18.7. The molecular weight excluding hydrogens is 958 g/mol. The number of thiazole rings is 1. The van der Waals surface area contributed by atoms with Crippen molar-refractivity contribution in [3.8, 4) is 44.0 Å². The van der Waals surface area contributed by atoms with Gasteiger partial charge in [0.25, 0.3) is 0 Å². The van der Waals surface area contributed by atoms with Gasteiger partial charge in [0.15, 0.2) is 0 Å². The fraction of sp³-hybridized carbons (Fsp3) is 0.0159. The maximum absolute atomic E-state index is 5.01. The number of anilines is 3. The third kappa shape index (κ3) is 8.47. The Bertz CT molecular complexity index is 3570. The van der Waals surface area contributed by atoms with Crippen LogP contribution in [0.5, 0.6) is 0 Å². The van der Waals surface area contributed by atoms with Gasteiger partial charge in [0.1, 0.15) is 5.01 Å². The van der Waals surface area contributed by atoms with Crippen LogP contribution in [0.3, 0.4) is 0 Å². The maximum atomic E-state index is 5.01. The fourth-order valence-corrected chi connectivity index (χ4v) is 12.8. The van der Waals surface area contributed by atoms with E-state index in [2.05, 4.69) is 254 Å². The molecule has 68 heavy (non-hydrogen) atoms. The third-order valence-corrected chi connectivity index (χ3v) is 16.6. The molecule has 0 radical (unpaired) electrons. The molecule has 1 unspecified atom stereocenters. The van der Waals surface area contributed by atoms with Gasteiger partial charge in [0.2, 0.25) is 0 Å². The number of benzene rings is 10. The van der Waals surface area contributed by atoms with Crippen molar-refractivity contribution in [1.82, 2.24) is 4.98 Å². The monoisotopic (exact) mass is 1000 g/mol. The van der Waals surface area contributed by atoms with Crippen molar-refractivity contribution in [1.29, 1.82) is 0 Å². The van der Waals surface area contributed by atoms with E-state index in [1.807, 2.05) is 6.07 Å². The minimum absolute atomic E-state index is 0.0832. The van der Waals surface area contributed by atoms with Crippen LogP contribution in [0.25, 0.3) is 54.2 Å². The van der Waals surface area contributed by atoms with Crippen LogP contribution in [0.1, 0.15) is 28.2 Å². The number of para-hydroxylation sites is 3. The molecule has 1 aliphatic heterocycles. The second-order valence-corrected chi connectivity index (χ2v) is 20.7. The van der Waals surface area contributed by atoms with Crippen molar-refractivity contribution < 1.29 is 21.2 Å². The van der Waals surface area contributed by atoms with Crippen molar-refractivity contribution in [2.45, 2.75) is 5.92 Å². The third-order valence-electron chi connectivity index (χ3n) is 12.6. The van der Waals surface area contributed by atoms with E-state index in [1.165, 1.54) is 62.1 Å². The zero-order chi connectivity index (χ0) is 45.2. The molecule has 0 amide bonds. The van der Waals surface area contributed by atoms with E-state index < -0.39 is 0 Å². The van der Waals surface area contributed by atoms with Crippen molar-refractivity contribution in [2.24, 2.45) is 4.99 Å². The second kappa shape index (κ2) is 18.5. The van der Waals surface area contributed by atoms with Crippen LogP contribution < -0.4 is 26.1 Å². The summed E-state index contributed by atoms with van der Waals surface area (Å²) >= 11 is 1.45. The van der Waals surface area contributed by atoms with Crippen LogP contribution in [-0.4, -0.2) is 8.70 Å². The van der Waals surface area contributed by atoms with Crippen molar-refractivity contribution in [3.63, 3.8) is 0 Å². The molecule has 1 aliphatic rings. The first-order chi connectivity index (χ1) is 33.7. The minimum atomic E-state index is -0.285. The molecule has 324 valence electrons. The van der Waals surface area contributed by atoms with E-state index in [9.17, 15) is 0 Å². The summed E-state index contributed by atoms with van der Waals surface area (Å²) in [6.07, 6.45) is 0. The molecule has 0 aliphatic carbocycles. The van der Waals surface area contributed by atoms with E-state index in [1.54, 1.807) is 11.3 Å². The number of aliphatic imine (C=N–C) groups is 1. The van der Waals surface area contributed by atoms with Gasteiger partial charge in [-0.15, -0.1) is 11.3 Å². The summed E-state index contributed by atoms with van der Waals surface area (Å²) in [5.74, 6) is 0.0832. The topological polar surface area (TPSA) is 28.5 Å². The number of rotatable bonds is 11. The van der Waals surface area contributed by atoms with Crippen LogP contribution in [0.15, 0.2) is 260 Å². The molecule has 0 N–H and O–H groups in total. The molecule has 0 saturated heterocycles. The molecule has 0 bridgehead atoms. The van der Waals surface area contributed by atoms with Crippen molar-refractivity contribution in [3.05, 3.63) is 281 Å². The normalized spacial score (nSPS) is 12.5. The quantitative estimate of drug-likeness (QED) is 0.0954. The van der Waals surface area contributed by atoms with Gasteiger partial charge in [-0.3, -0.25) is 0 Å². The van der Waals surface area contributed by atoms with E-state index >= 15 is 0 Å². The Labute approximate surface area is 411 Å². The first kappa shape index (κ1) is 41.7. The molecule has 3 nitrogen and oxygen atoms in total. The van der Waals surface area contributed by atoms with Gasteiger partial charge in [-0.1, -0.05) is 66.7 Å². The van der Waals surface area contributed by atoms with E-state index in [-0.39, 0.29) is 27.1 Å². The predicted octanol–water partition coefficient (Wildman–Crippen LogP) is 14.0. The summed E-state index contributed by atoms with van der Waals surface area (Å²) in [5, 5.41) is 1.03. The first-order valence-electron chi connectivity index (χ1n) is 22.9. The zero-order valence-corrected chi connectivity index (χ0v) is 39.9. The molecule has 5 heteroatoms. The van der Waals surface area contributed by atoms with Crippen molar-refractivity contribution >= 4 is 48.0 Å².